The number of ether oxygens (including phenoxy) is 6. The third kappa shape index (κ3) is 11.6. The summed E-state index contributed by atoms with van der Waals surface area (Å²) < 4.78 is 77.2. The number of hydrogen-bond donors (Lipinski definition) is 4. The summed E-state index contributed by atoms with van der Waals surface area (Å²) in [5.41, 5.74) is 0.588. The molecular formula is C34H49N2O14PS. The van der Waals surface area contributed by atoms with Crippen molar-refractivity contribution >= 4 is 29.5 Å². The fourth-order valence-electron chi connectivity index (χ4n) is 5.77. The van der Waals surface area contributed by atoms with E-state index in [4.69, 9.17) is 32.9 Å². The van der Waals surface area contributed by atoms with Crippen molar-refractivity contribution in [1.82, 2.24) is 10.6 Å². The molecule has 2 unspecified atom stereocenters. The smallest absolute Gasteiger partial charge is 0.407 e. The maximum Gasteiger partial charge on any atom is 0.407 e. The van der Waals surface area contributed by atoms with Gasteiger partial charge in [0.25, 0.3) is 0 Å². The summed E-state index contributed by atoms with van der Waals surface area (Å²) in [6.07, 6.45) is -4.62. The number of aliphatic hydroxyl groups is 1. The van der Waals surface area contributed by atoms with Crippen LogP contribution >= 0.6 is 7.60 Å². The number of alkyl carbamates (subject to hydrolysis) is 1. The van der Waals surface area contributed by atoms with E-state index in [2.05, 4.69) is 10.6 Å². The number of benzene rings is 2. The van der Waals surface area contributed by atoms with Crippen LogP contribution in [0.2, 0.25) is 0 Å². The number of sulfone groups is 1. The van der Waals surface area contributed by atoms with Gasteiger partial charge >= 0.3 is 19.7 Å². The van der Waals surface area contributed by atoms with Crippen molar-refractivity contribution in [2.45, 2.75) is 88.0 Å². The molecule has 0 radical (unpaired) electrons. The average molecular weight is 773 g/mol. The van der Waals surface area contributed by atoms with Gasteiger partial charge in [0.05, 0.1) is 43.8 Å². The topological polar surface area (TPSA) is 214 Å². The molecule has 2 aliphatic rings. The van der Waals surface area contributed by atoms with Crippen molar-refractivity contribution < 1.29 is 65.5 Å². The number of carbonyl (C=O) groups is 2. The molecule has 0 aromatic heterocycles. The van der Waals surface area contributed by atoms with Crippen molar-refractivity contribution in [3.63, 3.8) is 0 Å². The van der Waals surface area contributed by atoms with Gasteiger partial charge in [-0.3, -0.25) is 14.4 Å². The number of fused-ring (bicyclic) bond motifs is 1. The fraction of sp³-hybridized carbons (Fsp3) is 0.588. The molecule has 4 N–H and O–H groups in total. The van der Waals surface area contributed by atoms with Crippen molar-refractivity contribution in [2.75, 3.05) is 33.3 Å². The zero-order valence-electron chi connectivity index (χ0n) is 29.8. The molecule has 2 fully saturated rings. The molecule has 1 amide bonds. The largest absolute Gasteiger partial charge is 0.497 e. The predicted molar refractivity (Wildman–Crippen MR) is 186 cm³/mol. The first-order valence-corrected chi connectivity index (χ1v) is 20.3. The molecule has 0 bridgehead atoms. The lowest BCUT2D eigenvalue weighted by molar-refractivity contribution is -0.150. The third-order valence-corrected chi connectivity index (χ3v) is 11.6. The number of nitrogens with one attached hydrogen (secondary N) is 2. The van der Waals surface area contributed by atoms with Crippen LogP contribution in [0.4, 0.5) is 4.79 Å². The highest BCUT2D eigenvalue weighted by molar-refractivity contribution is 7.92. The van der Waals surface area contributed by atoms with E-state index in [-0.39, 0.29) is 48.5 Å². The number of esters is 1. The Bertz CT molecular complexity index is 1630. The Kier molecular flexibility index (Phi) is 14.9. The Balaban J connectivity index is 1.49. The van der Waals surface area contributed by atoms with E-state index in [1.165, 1.54) is 50.4 Å². The molecule has 52 heavy (non-hydrogen) atoms. The van der Waals surface area contributed by atoms with Crippen LogP contribution < -0.4 is 20.1 Å². The van der Waals surface area contributed by atoms with E-state index in [1.54, 1.807) is 19.1 Å². The number of aliphatic hydroxyl groups excluding tert-OH is 1. The molecule has 18 heteroatoms. The minimum atomic E-state index is -4.34. The minimum Gasteiger partial charge on any atom is -0.497 e. The molecule has 0 spiro atoms. The highest BCUT2D eigenvalue weighted by Crippen LogP contribution is 2.43. The third-order valence-electron chi connectivity index (χ3n) is 8.45. The van der Waals surface area contributed by atoms with Crippen LogP contribution in [-0.2, 0) is 49.1 Å². The van der Waals surface area contributed by atoms with Gasteiger partial charge in [0.15, 0.2) is 28.6 Å². The first kappa shape index (κ1) is 41.5. The van der Waals surface area contributed by atoms with Gasteiger partial charge in [-0.1, -0.05) is 26.0 Å². The van der Waals surface area contributed by atoms with E-state index in [1.807, 2.05) is 13.8 Å². The Morgan fingerprint density at radius 2 is 1.71 bits per heavy atom. The number of amides is 1. The van der Waals surface area contributed by atoms with Gasteiger partial charge in [-0.2, -0.15) is 0 Å². The minimum absolute atomic E-state index is 0.00944. The van der Waals surface area contributed by atoms with Crippen LogP contribution in [0.3, 0.4) is 0 Å². The van der Waals surface area contributed by atoms with Gasteiger partial charge in [-0.05, 0) is 81.0 Å². The number of methoxy groups -OCH3 is 1. The Hall–Kier alpha value is -3.28. The predicted octanol–water partition coefficient (Wildman–Crippen LogP) is 3.34. The second-order valence-corrected chi connectivity index (χ2v) is 16.8. The van der Waals surface area contributed by atoms with E-state index in [0.29, 0.717) is 24.3 Å². The molecule has 2 saturated heterocycles. The van der Waals surface area contributed by atoms with Crippen LogP contribution in [-0.4, -0.2) is 99.9 Å². The zero-order chi connectivity index (χ0) is 38.1. The normalized spacial score (nSPS) is 22.0. The van der Waals surface area contributed by atoms with Crippen molar-refractivity contribution in [1.29, 1.82) is 0 Å². The summed E-state index contributed by atoms with van der Waals surface area (Å²) in [6.45, 7) is 7.32. The monoisotopic (exact) mass is 772 g/mol. The zero-order valence-corrected chi connectivity index (χ0v) is 31.5. The standard InChI is InChI=1S/C34H49N2O14PS/c1-6-45-32(38)22(4)50-51(40,41)20-48-25-9-7-23(8-10-25)18-28(35-34(39)49-29-19-47-33-27(29)15-16-46-33)31(37)36-30(17-21(2)3)52(42,43)26-13-11-24(44-5)12-14-26/h7-14,21-22,27-31,33,36-37H,6,15-20H2,1-5H3,(H,35,39)(H,40,41)/t22-,27-,28-,29-,30?,31-,33+/m0/s1. The lowest BCUT2D eigenvalue weighted by atomic mass is 10.0. The molecule has 290 valence electrons. The van der Waals surface area contributed by atoms with Gasteiger partial charge in [-0.25, -0.2) is 18.0 Å². The number of rotatable bonds is 19. The summed E-state index contributed by atoms with van der Waals surface area (Å²) in [5.74, 6) is -0.314. The summed E-state index contributed by atoms with van der Waals surface area (Å²) in [7, 11) is -6.88. The van der Waals surface area contributed by atoms with Crippen LogP contribution in [0.15, 0.2) is 53.4 Å². The molecule has 0 aliphatic carbocycles. The van der Waals surface area contributed by atoms with Gasteiger partial charge in [0, 0.05) is 0 Å². The molecule has 2 aliphatic heterocycles. The first-order valence-electron chi connectivity index (χ1n) is 17.0. The van der Waals surface area contributed by atoms with Crippen molar-refractivity contribution in [2.24, 2.45) is 11.8 Å². The van der Waals surface area contributed by atoms with E-state index in [0.717, 1.165) is 0 Å². The van der Waals surface area contributed by atoms with Crippen LogP contribution in [0.1, 0.15) is 46.1 Å². The molecule has 4 rings (SSSR count). The lowest BCUT2D eigenvalue weighted by Crippen LogP contribution is -2.56. The molecule has 0 saturated carbocycles. The molecule has 8 atom stereocenters. The fourth-order valence-corrected chi connectivity index (χ4v) is 8.53. The van der Waals surface area contributed by atoms with Crippen molar-refractivity contribution in [3.8, 4) is 11.5 Å². The molecular weight excluding hydrogens is 723 g/mol. The van der Waals surface area contributed by atoms with Crippen LogP contribution in [0, 0.1) is 11.8 Å². The molecule has 16 nitrogen and oxygen atoms in total. The summed E-state index contributed by atoms with van der Waals surface area (Å²) in [5, 5.41) is 15.8. The van der Waals surface area contributed by atoms with Gasteiger partial charge in [-0.15, -0.1) is 0 Å². The molecule has 2 heterocycles. The van der Waals surface area contributed by atoms with Crippen molar-refractivity contribution in [3.05, 3.63) is 54.1 Å². The number of hydrogen-bond acceptors (Lipinski definition) is 14. The maximum absolute atomic E-state index is 13.8. The van der Waals surface area contributed by atoms with Gasteiger partial charge in [0.2, 0.25) is 0 Å². The maximum atomic E-state index is 13.8. The van der Waals surface area contributed by atoms with E-state index >= 15 is 0 Å². The summed E-state index contributed by atoms with van der Waals surface area (Å²) >= 11 is 0. The lowest BCUT2D eigenvalue weighted by Gasteiger charge is -2.30. The highest BCUT2D eigenvalue weighted by Gasteiger charge is 2.44. The highest BCUT2D eigenvalue weighted by atomic mass is 32.2. The second kappa shape index (κ2) is 18.7. The Morgan fingerprint density at radius 1 is 1.04 bits per heavy atom. The summed E-state index contributed by atoms with van der Waals surface area (Å²) in [6, 6.07) is 11.1. The van der Waals surface area contributed by atoms with Crippen LogP contribution in [0.25, 0.3) is 0 Å². The Morgan fingerprint density at radius 3 is 2.35 bits per heavy atom. The van der Waals surface area contributed by atoms with E-state index in [9.17, 15) is 32.6 Å². The van der Waals surface area contributed by atoms with Crippen LogP contribution in [0.5, 0.6) is 11.5 Å². The second-order valence-electron chi connectivity index (χ2n) is 12.9. The number of carbonyl (C=O) groups excluding carboxylic acids is 2. The van der Waals surface area contributed by atoms with Gasteiger partial charge < -0.3 is 43.7 Å². The Labute approximate surface area is 303 Å². The molecule has 2 aromatic rings. The quantitative estimate of drug-likeness (QED) is 0.0916. The van der Waals surface area contributed by atoms with Gasteiger partial charge in [0.1, 0.15) is 29.2 Å². The average Bonchev–Trinajstić information content (AvgIpc) is 3.72. The molecule has 2 aromatic carbocycles. The van der Waals surface area contributed by atoms with E-state index < -0.39 is 72.0 Å². The first-order chi connectivity index (χ1) is 24.6. The summed E-state index contributed by atoms with van der Waals surface area (Å²) in [4.78, 5) is 35.2. The SMILES string of the molecule is CCOC(=O)[C@H](C)OP(=O)(O)COc1ccc(C[C@H](NC(=O)O[C@H]2CO[C@H]3OCC[C@H]32)[C@H](O)NC(CC(C)C)S(=O)(=O)c2ccc(OC)cc2)cc1.